The van der Waals surface area contributed by atoms with E-state index >= 15 is 0 Å². The fourth-order valence-electron chi connectivity index (χ4n) is 2.04. The van der Waals surface area contributed by atoms with Gasteiger partial charge in [-0.1, -0.05) is 0 Å². The second-order valence-corrected chi connectivity index (χ2v) is 4.47. The van der Waals surface area contributed by atoms with Crippen molar-refractivity contribution in [2.24, 2.45) is 11.0 Å². The molecule has 2 rings (SSSR count). The standard InChI is InChI=1S/C13H13FN2O3/c1-7-5-9(14)3-4-11(7)16-13(19)10(6-12(17)18)8(2)15-16/h3-5,10H,6H2,1-2H3,(H,17,18). The van der Waals surface area contributed by atoms with Gasteiger partial charge in [0.05, 0.1) is 18.0 Å². The minimum atomic E-state index is -1.05. The van der Waals surface area contributed by atoms with Crippen molar-refractivity contribution in [3.05, 3.63) is 29.6 Å². The van der Waals surface area contributed by atoms with Crippen molar-refractivity contribution in [3.63, 3.8) is 0 Å². The predicted molar refractivity (Wildman–Crippen MR) is 67.5 cm³/mol. The number of halogens is 1. The van der Waals surface area contributed by atoms with Gasteiger partial charge in [0.2, 0.25) is 0 Å². The zero-order chi connectivity index (χ0) is 14.2. The molecule has 1 unspecified atom stereocenters. The lowest BCUT2D eigenvalue weighted by molar-refractivity contribution is -0.139. The number of carboxylic acids is 1. The third kappa shape index (κ3) is 2.47. The minimum absolute atomic E-state index is 0.287. The van der Waals surface area contributed by atoms with Gasteiger partial charge in [-0.25, -0.2) is 4.39 Å². The Morgan fingerprint density at radius 3 is 2.74 bits per heavy atom. The fourth-order valence-corrected chi connectivity index (χ4v) is 2.04. The highest BCUT2D eigenvalue weighted by Gasteiger charge is 2.36. The molecule has 0 spiro atoms. The van der Waals surface area contributed by atoms with Crippen LogP contribution in [0.25, 0.3) is 0 Å². The number of carboxylic acid groups (broad SMARTS) is 1. The summed E-state index contributed by atoms with van der Waals surface area (Å²) in [4.78, 5) is 22.9. The summed E-state index contributed by atoms with van der Waals surface area (Å²) in [6.07, 6.45) is -0.287. The molecule has 1 heterocycles. The summed E-state index contributed by atoms with van der Waals surface area (Å²) in [7, 11) is 0. The minimum Gasteiger partial charge on any atom is -0.481 e. The number of hydrazone groups is 1. The Balaban J connectivity index is 2.33. The maximum absolute atomic E-state index is 13.0. The number of anilines is 1. The lowest BCUT2D eigenvalue weighted by Crippen LogP contribution is -2.29. The molecule has 0 bridgehead atoms. The number of benzene rings is 1. The first-order chi connectivity index (χ1) is 8.90. The summed E-state index contributed by atoms with van der Waals surface area (Å²) >= 11 is 0. The number of hydrogen-bond acceptors (Lipinski definition) is 3. The number of rotatable bonds is 3. The van der Waals surface area contributed by atoms with Crippen LogP contribution < -0.4 is 5.01 Å². The van der Waals surface area contributed by atoms with Gasteiger partial charge in [-0.05, 0) is 37.6 Å². The second-order valence-electron chi connectivity index (χ2n) is 4.47. The number of aliphatic carboxylic acids is 1. The summed E-state index contributed by atoms with van der Waals surface area (Å²) in [5, 5.41) is 14.0. The fraction of sp³-hybridized carbons (Fsp3) is 0.308. The van der Waals surface area contributed by atoms with Crippen LogP contribution in [0.5, 0.6) is 0 Å². The van der Waals surface area contributed by atoms with Gasteiger partial charge in [0.1, 0.15) is 5.82 Å². The highest BCUT2D eigenvalue weighted by atomic mass is 19.1. The SMILES string of the molecule is CC1=NN(c2ccc(F)cc2C)C(=O)C1CC(=O)O. The van der Waals surface area contributed by atoms with Crippen LogP contribution >= 0.6 is 0 Å². The van der Waals surface area contributed by atoms with Crippen LogP contribution in [0.3, 0.4) is 0 Å². The number of nitrogens with zero attached hydrogens (tertiary/aromatic N) is 2. The van der Waals surface area contributed by atoms with E-state index in [2.05, 4.69) is 5.10 Å². The molecular weight excluding hydrogens is 251 g/mol. The molecule has 100 valence electrons. The van der Waals surface area contributed by atoms with Crippen molar-refractivity contribution in [2.45, 2.75) is 20.3 Å². The van der Waals surface area contributed by atoms with Crippen LogP contribution in [0.15, 0.2) is 23.3 Å². The van der Waals surface area contributed by atoms with Crippen molar-refractivity contribution in [1.29, 1.82) is 0 Å². The van der Waals surface area contributed by atoms with Gasteiger partial charge in [-0.2, -0.15) is 10.1 Å². The number of carbonyl (C=O) groups is 2. The van der Waals surface area contributed by atoms with Crippen molar-refractivity contribution in [1.82, 2.24) is 0 Å². The number of carbonyl (C=O) groups excluding carboxylic acids is 1. The van der Waals surface area contributed by atoms with E-state index in [0.29, 0.717) is 17.0 Å². The molecule has 0 aromatic heterocycles. The predicted octanol–water partition coefficient (Wildman–Crippen LogP) is 1.95. The molecule has 1 aromatic rings. The van der Waals surface area contributed by atoms with E-state index in [1.807, 2.05) is 0 Å². The van der Waals surface area contributed by atoms with Gasteiger partial charge in [-0.3, -0.25) is 9.59 Å². The maximum atomic E-state index is 13.0. The summed E-state index contributed by atoms with van der Waals surface area (Å²) in [5.74, 6) is -2.59. The Bertz CT molecular complexity index is 583. The van der Waals surface area contributed by atoms with Crippen molar-refractivity contribution in [2.75, 3.05) is 5.01 Å². The molecule has 0 fully saturated rings. The van der Waals surface area contributed by atoms with Gasteiger partial charge in [0.25, 0.3) is 5.91 Å². The van der Waals surface area contributed by atoms with Crippen LogP contribution in [0.1, 0.15) is 18.9 Å². The topological polar surface area (TPSA) is 70.0 Å². The van der Waals surface area contributed by atoms with E-state index in [-0.39, 0.29) is 6.42 Å². The van der Waals surface area contributed by atoms with E-state index in [1.54, 1.807) is 13.8 Å². The van der Waals surface area contributed by atoms with E-state index in [4.69, 9.17) is 5.11 Å². The van der Waals surface area contributed by atoms with Crippen LogP contribution in [-0.2, 0) is 9.59 Å². The Kier molecular flexibility index (Phi) is 3.33. The average Bonchev–Trinajstić information content (AvgIpc) is 2.57. The molecule has 0 aliphatic carbocycles. The third-order valence-corrected chi connectivity index (χ3v) is 3.03. The Morgan fingerprint density at radius 1 is 1.47 bits per heavy atom. The van der Waals surface area contributed by atoms with Gasteiger partial charge >= 0.3 is 5.97 Å². The molecule has 0 saturated heterocycles. The van der Waals surface area contributed by atoms with E-state index in [9.17, 15) is 14.0 Å². The molecule has 1 aromatic carbocycles. The van der Waals surface area contributed by atoms with Crippen LogP contribution in [0.4, 0.5) is 10.1 Å². The smallest absolute Gasteiger partial charge is 0.304 e. The zero-order valence-electron chi connectivity index (χ0n) is 10.6. The zero-order valence-corrected chi connectivity index (χ0v) is 10.6. The Hall–Kier alpha value is -2.24. The largest absolute Gasteiger partial charge is 0.481 e. The molecule has 0 saturated carbocycles. The van der Waals surface area contributed by atoms with E-state index in [0.717, 1.165) is 5.01 Å². The molecule has 1 N–H and O–H groups in total. The first-order valence-electron chi connectivity index (χ1n) is 5.77. The van der Waals surface area contributed by atoms with Crippen molar-refractivity contribution < 1.29 is 19.1 Å². The summed E-state index contributed by atoms with van der Waals surface area (Å²) in [6, 6.07) is 4.01. The number of amides is 1. The van der Waals surface area contributed by atoms with Gasteiger partial charge in [0, 0.05) is 5.71 Å². The molecule has 1 aliphatic rings. The van der Waals surface area contributed by atoms with Crippen LogP contribution in [0, 0.1) is 18.7 Å². The lowest BCUT2D eigenvalue weighted by Gasteiger charge is -2.15. The first-order valence-corrected chi connectivity index (χ1v) is 5.77. The second kappa shape index (κ2) is 4.79. The number of aryl methyl sites for hydroxylation is 1. The summed E-state index contributed by atoms with van der Waals surface area (Å²) in [6.45, 7) is 3.28. The average molecular weight is 264 g/mol. The molecule has 0 radical (unpaired) electrons. The molecule has 19 heavy (non-hydrogen) atoms. The van der Waals surface area contributed by atoms with Crippen LogP contribution in [0.2, 0.25) is 0 Å². The molecule has 1 aliphatic heterocycles. The van der Waals surface area contributed by atoms with Gasteiger partial charge < -0.3 is 5.11 Å². The summed E-state index contributed by atoms with van der Waals surface area (Å²) < 4.78 is 13.0. The molecular formula is C13H13FN2O3. The van der Waals surface area contributed by atoms with Crippen molar-refractivity contribution in [3.8, 4) is 0 Å². The third-order valence-electron chi connectivity index (χ3n) is 3.03. The monoisotopic (exact) mass is 264 g/mol. The van der Waals surface area contributed by atoms with E-state index < -0.39 is 23.6 Å². The Labute approximate surface area is 109 Å². The van der Waals surface area contributed by atoms with Crippen molar-refractivity contribution >= 4 is 23.3 Å². The quantitative estimate of drug-likeness (QED) is 0.907. The highest BCUT2D eigenvalue weighted by molar-refractivity contribution is 6.16. The molecule has 1 amide bonds. The van der Waals surface area contributed by atoms with Gasteiger partial charge in [-0.15, -0.1) is 0 Å². The number of hydrogen-bond donors (Lipinski definition) is 1. The van der Waals surface area contributed by atoms with Gasteiger partial charge in [0.15, 0.2) is 0 Å². The normalized spacial score (nSPS) is 18.7. The van der Waals surface area contributed by atoms with Crippen LogP contribution in [-0.4, -0.2) is 22.7 Å². The molecule has 5 nitrogen and oxygen atoms in total. The maximum Gasteiger partial charge on any atom is 0.304 e. The first kappa shape index (κ1) is 13.2. The van der Waals surface area contributed by atoms with E-state index in [1.165, 1.54) is 18.2 Å². The Morgan fingerprint density at radius 2 is 2.16 bits per heavy atom. The molecule has 1 atom stereocenters. The highest BCUT2D eigenvalue weighted by Crippen LogP contribution is 2.28. The lowest BCUT2D eigenvalue weighted by atomic mass is 10.0. The molecule has 6 heteroatoms. The summed E-state index contributed by atoms with van der Waals surface area (Å²) in [5.41, 5.74) is 1.50.